The van der Waals surface area contributed by atoms with E-state index in [2.05, 4.69) is 25.6 Å². The molecule has 27 heavy (non-hydrogen) atoms. The lowest BCUT2D eigenvalue weighted by atomic mass is 9.99. The molecule has 6 N–H and O–H groups in total. The van der Waals surface area contributed by atoms with Crippen molar-refractivity contribution in [2.24, 2.45) is 10.7 Å². The lowest BCUT2D eigenvalue weighted by molar-refractivity contribution is 0.631. The third-order valence-electron chi connectivity index (χ3n) is 4.56. The summed E-state index contributed by atoms with van der Waals surface area (Å²) < 4.78 is 14.2. The molecule has 0 atom stereocenters. The number of hydrogen-bond acceptors (Lipinski definition) is 7. The molecule has 0 bridgehead atoms. The molecule has 0 unspecified atom stereocenters. The minimum atomic E-state index is -0.393. The highest BCUT2D eigenvalue weighted by Gasteiger charge is 2.22. The number of nitrogens with zero attached hydrogens (tertiary/aromatic N) is 3. The predicted molar refractivity (Wildman–Crippen MR) is 108 cm³/mol. The molecule has 0 spiro atoms. The van der Waals surface area contributed by atoms with Crippen LogP contribution >= 0.6 is 0 Å². The predicted octanol–water partition coefficient (Wildman–Crippen LogP) is 3.51. The first-order valence-electron chi connectivity index (χ1n) is 8.90. The van der Waals surface area contributed by atoms with Crippen LogP contribution in [0.1, 0.15) is 37.2 Å². The number of nitrogens with one attached hydrogen (secondary N) is 2. The van der Waals surface area contributed by atoms with Crippen molar-refractivity contribution in [1.29, 1.82) is 0 Å². The van der Waals surface area contributed by atoms with Gasteiger partial charge in [0.2, 0.25) is 5.95 Å². The number of halogens is 1. The van der Waals surface area contributed by atoms with Crippen LogP contribution in [-0.4, -0.2) is 23.2 Å². The molecule has 142 valence electrons. The van der Waals surface area contributed by atoms with Crippen molar-refractivity contribution < 1.29 is 4.39 Å². The molecule has 1 fully saturated rings. The van der Waals surface area contributed by atoms with Gasteiger partial charge >= 0.3 is 0 Å². The number of hydrogen-bond donors (Lipinski definition) is 4. The molecule has 0 aliphatic heterocycles. The SMILES string of the molecule is CN=C/C(=C\N)Nc1ncc(C2CCCC2)c(Nc2cc(N)ccc2F)n1. The molecule has 0 amide bonds. The number of anilines is 4. The standard InChI is InChI=1S/C19H24FN7/c1-23-10-14(9-21)25-19-24-11-15(12-4-2-3-5-12)18(27-19)26-17-8-13(22)6-7-16(17)20/h6-12H,2-5,21-22H2,1H3,(H2,24,25,26,27)/b14-9+,23-10?. The molecule has 3 rings (SSSR count). The summed E-state index contributed by atoms with van der Waals surface area (Å²) in [6, 6.07) is 4.41. The van der Waals surface area contributed by atoms with Crippen molar-refractivity contribution in [1.82, 2.24) is 9.97 Å². The van der Waals surface area contributed by atoms with Gasteiger partial charge in [-0.2, -0.15) is 4.98 Å². The van der Waals surface area contributed by atoms with Crippen LogP contribution in [0.2, 0.25) is 0 Å². The average molecular weight is 369 g/mol. The molecule has 0 saturated heterocycles. The Hall–Kier alpha value is -3.16. The van der Waals surface area contributed by atoms with E-state index in [9.17, 15) is 4.39 Å². The first-order chi connectivity index (χ1) is 13.1. The van der Waals surface area contributed by atoms with E-state index in [1.165, 1.54) is 31.2 Å². The van der Waals surface area contributed by atoms with E-state index in [1.807, 2.05) is 0 Å². The van der Waals surface area contributed by atoms with Crippen molar-refractivity contribution in [2.45, 2.75) is 31.6 Å². The number of aromatic nitrogens is 2. The molecular weight excluding hydrogens is 345 g/mol. The summed E-state index contributed by atoms with van der Waals surface area (Å²) in [7, 11) is 1.64. The second-order valence-electron chi connectivity index (χ2n) is 6.48. The van der Waals surface area contributed by atoms with Crippen LogP contribution in [0.15, 0.2) is 41.3 Å². The van der Waals surface area contributed by atoms with Crippen LogP contribution in [0.25, 0.3) is 0 Å². The average Bonchev–Trinajstić information content (AvgIpc) is 3.19. The van der Waals surface area contributed by atoms with E-state index in [1.54, 1.807) is 25.5 Å². The molecule has 1 aliphatic rings. The molecule has 2 aromatic rings. The van der Waals surface area contributed by atoms with Gasteiger partial charge in [-0.05, 0) is 37.0 Å². The number of allylic oxidation sites excluding steroid dienone is 1. The van der Waals surface area contributed by atoms with Gasteiger partial charge in [0.25, 0.3) is 0 Å². The number of rotatable bonds is 6. The molecule has 0 radical (unpaired) electrons. The van der Waals surface area contributed by atoms with Crippen LogP contribution in [0, 0.1) is 5.82 Å². The third kappa shape index (κ3) is 4.52. The molecule has 1 aromatic heterocycles. The minimum absolute atomic E-state index is 0.281. The number of nitrogen functional groups attached to an aromatic ring is 1. The summed E-state index contributed by atoms with van der Waals surface area (Å²) >= 11 is 0. The summed E-state index contributed by atoms with van der Waals surface area (Å²) in [4.78, 5) is 12.9. The minimum Gasteiger partial charge on any atom is -0.403 e. The normalized spacial score (nSPS) is 15.4. The van der Waals surface area contributed by atoms with Crippen LogP contribution in [-0.2, 0) is 0 Å². The Morgan fingerprint density at radius 2 is 2.11 bits per heavy atom. The summed E-state index contributed by atoms with van der Waals surface area (Å²) in [5.41, 5.74) is 13.7. The van der Waals surface area contributed by atoms with Gasteiger partial charge < -0.3 is 22.1 Å². The van der Waals surface area contributed by atoms with Gasteiger partial charge in [-0.3, -0.25) is 4.99 Å². The van der Waals surface area contributed by atoms with Crippen molar-refractivity contribution >= 4 is 29.4 Å². The second kappa shape index (κ2) is 8.48. The second-order valence-corrected chi connectivity index (χ2v) is 6.48. The Morgan fingerprint density at radius 3 is 2.81 bits per heavy atom. The first kappa shape index (κ1) is 18.6. The van der Waals surface area contributed by atoms with Crippen LogP contribution in [0.5, 0.6) is 0 Å². The number of nitrogens with two attached hydrogens (primary N) is 2. The van der Waals surface area contributed by atoms with Crippen LogP contribution < -0.4 is 22.1 Å². The Morgan fingerprint density at radius 1 is 1.33 bits per heavy atom. The van der Waals surface area contributed by atoms with Gasteiger partial charge in [0, 0.05) is 36.9 Å². The fourth-order valence-corrected chi connectivity index (χ4v) is 3.24. The van der Waals surface area contributed by atoms with E-state index >= 15 is 0 Å². The Labute approximate surface area is 157 Å². The van der Waals surface area contributed by atoms with Crippen molar-refractivity contribution in [3.8, 4) is 0 Å². The summed E-state index contributed by atoms with van der Waals surface area (Å²) in [6.45, 7) is 0. The monoisotopic (exact) mass is 369 g/mol. The zero-order chi connectivity index (χ0) is 19.2. The van der Waals surface area contributed by atoms with Gasteiger partial charge in [0.05, 0.1) is 11.4 Å². The first-order valence-corrected chi connectivity index (χ1v) is 8.90. The summed E-state index contributed by atoms with van der Waals surface area (Å²) in [6.07, 6.45) is 9.22. The van der Waals surface area contributed by atoms with Gasteiger partial charge in [-0.25, -0.2) is 9.37 Å². The Bertz CT molecular complexity index is 857. The van der Waals surface area contributed by atoms with Gasteiger partial charge in [-0.1, -0.05) is 12.8 Å². The Balaban J connectivity index is 1.96. The summed E-state index contributed by atoms with van der Waals surface area (Å²) in [5.74, 6) is 0.872. The van der Waals surface area contributed by atoms with E-state index in [0.717, 1.165) is 18.4 Å². The number of benzene rings is 1. The maximum absolute atomic E-state index is 14.2. The molecule has 1 aromatic carbocycles. The largest absolute Gasteiger partial charge is 0.403 e. The molecule has 8 heteroatoms. The summed E-state index contributed by atoms with van der Waals surface area (Å²) in [5, 5.41) is 6.10. The van der Waals surface area contributed by atoms with Gasteiger partial charge in [0.1, 0.15) is 11.6 Å². The van der Waals surface area contributed by atoms with Crippen molar-refractivity contribution in [3.05, 3.63) is 47.7 Å². The molecule has 1 aliphatic carbocycles. The lowest BCUT2D eigenvalue weighted by Crippen LogP contribution is -2.11. The highest BCUT2D eigenvalue weighted by Crippen LogP contribution is 2.38. The topological polar surface area (TPSA) is 114 Å². The highest BCUT2D eigenvalue weighted by atomic mass is 19.1. The van der Waals surface area contributed by atoms with E-state index in [-0.39, 0.29) is 5.69 Å². The van der Waals surface area contributed by atoms with Gasteiger partial charge in [-0.15, -0.1) is 0 Å². The number of aliphatic imine (C=N–C) groups is 1. The van der Waals surface area contributed by atoms with E-state index in [4.69, 9.17) is 11.5 Å². The maximum Gasteiger partial charge on any atom is 0.229 e. The molecular formula is C19H24FN7. The molecule has 7 nitrogen and oxygen atoms in total. The maximum atomic E-state index is 14.2. The van der Waals surface area contributed by atoms with E-state index < -0.39 is 5.82 Å². The van der Waals surface area contributed by atoms with E-state index in [0.29, 0.717) is 29.1 Å². The zero-order valence-corrected chi connectivity index (χ0v) is 15.2. The third-order valence-corrected chi connectivity index (χ3v) is 4.56. The van der Waals surface area contributed by atoms with Crippen molar-refractivity contribution in [2.75, 3.05) is 23.4 Å². The lowest BCUT2D eigenvalue weighted by Gasteiger charge is -2.17. The molecule has 1 heterocycles. The fourth-order valence-electron chi connectivity index (χ4n) is 3.24. The fraction of sp³-hybridized carbons (Fsp3) is 0.316. The highest BCUT2D eigenvalue weighted by molar-refractivity contribution is 5.82. The van der Waals surface area contributed by atoms with Crippen LogP contribution in [0.3, 0.4) is 0 Å². The molecule has 1 saturated carbocycles. The quantitative estimate of drug-likeness (QED) is 0.458. The van der Waals surface area contributed by atoms with Crippen molar-refractivity contribution in [3.63, 3.8) is 0 Å². The zero-order valence-electron chi connectivity index (χ0n) is 15.2. The van der Waals surface area contributed by atoms with Gasteiger partial charge in [0.15, 0.2) is 0 Å². The smallest absolute Gasteiger partial charge is 0.229 e. The van der Waals surface area contributed by atoms with Crippen LogP contribution in [0.4, 0.5) is 27.5 Å². The Kier molecular flexibility index (Phi) is 5.85.